The first-order valence-corrected chi connectivity index (χ1v) is 9.20. The van der Waals surface area contributed by atoms with Gasteiger partial charge >= 0.3 is 0 Å². The van der Waals surface area contributed by atoms with E-state index in [0.717, 1.165) is 17.5 Å². The zero-order valence-electron chi connectivity index (χ0n) is 14.4. The van der Waals surface area contributed by atoms with Gasteiger partial charge in [-0.05, 0) is 24.1 Å². The minimum absolute atomic E-state index is 0.0180. The fourth-order valence-corrected chi connectivity index (χ4v) is 2.88. The van der Waals surface area contributed by atoms with Crippen LogP contribution in [0.4, 0.5) is 0 Å². The van der Waals surface area contributed by atoms with Crippen LogP contribution in [-0.4, -0.2) is 17.8 Å². The van der Waals surface area contributed by atoms with Crippen LogP contribution in [0.15, 0.2) is 24.3 Å². The summed E-state index contributed by atoms with van der Waals surface area (Å²) in [7, 11) is 0. The van der Waals surface area contributed by atoms with E-state index in [2.05, 4.69) is 24.8 Å². The highest BCUT2D eigenvalue weighted by Crippen LogP contribution is 2.38. The lowest BCUT2D eigenvalue weighted by Gasteiger charge is -1.99. The largest absolute Gasteiger partial charge is 0.394 e. The molecular formula is C21H30O2. The van der Waals surface area contributed by atoms with Crippen LogP contribution in [0, 0.1) is 11.8 Å². The van der Waals surface area contributed by atoms with Crippen LogP contribution in [0.1, 0.15) is 81.9 Å². The van der Waals surface area contributed by atoms with Crippen molar-refractivity contribution in [2.75, 3.05) is 6.61 Å². The molecule has 1 aliphatic heterocycles. The van der Waals surface area contributed by atoms with Crippen molar-refractivity contribution >= 4 is 0 Å². The second-order valence-corrected chi connectivity index (χ2v) is 6.43. The van der Waals surface area contributed by atoms with Gasteiger partial charge in [-0.2, -0.15) is 0 Å². The van der Waals surface area contributed by atoms with Gasteiger partial charge in [-0.3, -0.25) is 0 Å². The molecule has 1 aliphatic rings. The molecule has 0 radical (unpaired) electrons. The Labute approximate surface area is 141 Å². The van der Waals surface area contributed by atoms with Crippen molar-refractivity contribution in [3.05, 3.63) is 35.4 Å². The molecule has 0 aromatic heterocycles. The van der Waals surface area contributed by atoms with Crippen LogP contribution in [0.2, 0.25) is 0 Å². The maximum atomic E-state index is 9.06. The van der Waals surface area contributed by atoms with Gasteiger partial charge in [0.1, 0.15) is 12.2 Å². The van der Waals surface area contributed by atoms with Crippen LogP contribution >= 0.6 is 0 Å². The number of rotatable bonds is 10. The summed E-state index contributed by atoms with van der Waals surface area (Å²) < 4.78 is 5.41. The number of benzene rings is 1. The maximum Gasteiger partial charge on any atom is 0.112 e. The molecule has 1 aromatic carbocycles. The first-order chi connectivity index (χ1) is 11.3. The van der Waals surface area contributed by atoms with Crippen LogP contribution in [-0.2, 0) is 4.74 Å². The van der Waals surface area contributed by atoms with Crippen molar-refractivity contribution in [3.8, 4) is 11.8 Å². The molecule has 1 aromatic rings. The summed E-state index contributed by atoms with van der Waals surface area (Å²) in [6.45, 7) is 2.36. The number of aliphatic hydroxyl groups excluding tert-OH is 1. The van der Waals surface area contributed by atoms with E-state index >= 15 is 0 Å². The molecule has 1 fully saturated rings. The molecule has 0 bridgehead atoms. The predicted octanol–water partition coefficient (Wildman–Crippen LogP) is 5.00. The van der Waals surface area contributed by atoms with E-state index in [9.17, 15) is 0 Å². The molecule has 126 valence electrons. The second-order valence-electron chi connectivity index (χ2n) is 6.43. The molecule has 0 unspecified atom stereocenters. The lowest BCUT2D eigenvalue weighted by Crippen LogP contribution is -1.94. The number of aliphatic hydroxyl groups is 1. The number of epoxide rings is 1. The topological polar surface area (TPSA) is 32.8 Å². The van der Waals surface area contributed by atoms with Crippen LogP contribution in [0.3, 0.4) is 0 Å². The predicted molar refractivity (Wildman–Crippen MR) is 95.2 cm³/mol. The molecule has 2 atom stereocenters. The highest BCUT2D eigenvalue weighted by Gasteiger charge is 2.39. The highest BCUT2D eigenvalue weighted by molar-refractivity contribution is 5.39. The summed E-state index contributed by atoms with van der Waals surface area (Å²) in [5.74, 6) is 6.54. The van der Waals surface area contributed by atoms with Gasteiger partial charge in [0, 0.05) is 12.0 Å². The highest BCUT2D eigenvalue weighted by atomic mass is 16.6. The third-order valence-corrected chi connectivity index (χ3v) is 4.37. The van der Waals surface area contributed by atoms with Crippen LogP contribution in [0.25, 0.3) is 0 Å². The Morgan fingerprint density at radius 1 is 1.04 bits per heavy atom. The Kier molecular flexibility index (Phi) is 8.21. The average molecular weight is 314 g/mol. The molecule has 0 amide bonds. The van der Waals surface area contributed by atoms with Gasteiger partial charge in [0.25, 0.3) is 0 Å². The van der Waals surface area contributed by atoms with Gasteiger partial charge in [0.2, 0.25) is 0 Å². The number of hydrogen-bond donors (Lipinski definition) is 1. The van der Waals surface area contributed by atoms with Crippen molar-refractivity contribution in [1.29, 1.82) is 0 Å². The quantitative estimate of drug-likeness (QED) is 0.374. The fourth-order valence-electron chi connectivity index (χ4n) is 2.88. The third kappa shape index (κ3) is 6.77. The van der Waals surface area contributed by atoms with E-state index in [4.69, 9.17) is 9.84 Å². The SMILES string of the molecule is CCCCCCCCCCC#Cc1cccc([C@@H]2O[C@@H]2CO)c1. The zero-order chi connectivity index (χ0) is 16.3. The molecule has 23 heavy (non-hydrogen) atoms. The molecular weight excluding hydrogens is 284 g/mol. The number of hydrogen-bond acceptors (Lipinski definition) is 2. The van der Waals surface area contributed by atoms with Gasteiger partial charge in [0.15, 0.2) is 0 Å². The van der Waals surface area contributed by atoms with Crippen molar-refractivity contribution in [2.24, 2.45) is 0 Å². The van der Waals surface area contributed by atoms with Crippen molar-refractivity contribution in [2.45, 2.75) is 76.9 Å². The molecule has 1 heterocycles. The lowest BCUT2D eigenvalue weighted by molar-refractivity contribution is 0.242. The smallest absolute Gasteiger partial charge is 0.112 e. The molecule has 2 rings (SSSR count). The Morgan fingerprint density at radius 3 is 2.48 bits per heavy atom. The average Bonchev–Trinajstić information content (AvgIpc) is 3.37. The molecule has 0 aliphatic carbocycles. The number of unbranched alkanes of at least 4 members (excludes halogenated alkanes) is 8. The molecule has 0 spiro atoms. The van der Waals surface area contributed by atoms with Crippen LogP contribution in [0.5, 0.6) is 0 Å². The molecule has 2 heteroatoms. The van der Waals surface area contributed by atoms with E-state index in [1.807, 2.05) is 18.2 Å². The monoisotopic (exact) mass is 314 g/mol. The Hall–Kier alpha value is -1.30. The van der Waals surface area contributed by atoms with E-state index in [0.29, 0.717) is 0 Å². The van der Waals surface area contributed by atoms with Gasteiger partial charge in [-0.15, -0.1) is 0 Å². The molecule has 2 nitrogen and oxygen atoms in total. The molecule has 1 N–H and O–H groups in total. The number of ether oxygens (including phenoxy) is 1. The molecule has 1 saturated heterocycles. The summed E-state index contributed by atoms with van der Waals surface area (Å²) in [5, 5.41) is 9.06. The third-order valence-electron chi connectivity index (χ3n) is 4.37. The van der Waals surface area contributed by atoms with Crippen molar-refractivity contribution in [1.82, 2.24) is 0 Å². The normalized spacial score (nSPS) is 19.2. The van der Waals surface area contributed by atoms with Crippen molar-refractivity contribution in [3.63, 3.8) is 0 Å². The summed E-state index contributed by atoms with van der Waals surface area (Å²) in [6, 6.07) is 8.19. The van der Waals surface area contributed by atoms with E-state index in [1.165, 1.54) is 51.4 Å². The molecule has 0 saturated carbocycles. The Balaban J connectivity index is 1.60. The van der Waals surface area contributed by atoms with E-state index in [1.54, 1.807) is 0 Å². The van der Waals surface area contributed by atoms with Gasteiger partial charge in [0.05, 0.1) is 6.61 Å². The fraction of sp³-hybridized carbons (Fsp3) is 0.619. The standard InChI is InChI=1S/C21H30O2/c1-2-3-4-5-6-7-8-9-10-11-13-18-14-12-15-19(16-18)21-20(17-22)23-21/h12,14-16,20-22H,2-10,17H2,1H3/t20-,21+/m1/s1. The Bertz CT molecular complexity index is 512. The summed E-state index contributed by atoms with van der Waals surface area (Å²) in [6.07, 6.45) is 11.8. The summed E-state index contributed by atoms with van der Waals surface area (Å²) >= 11 is 0. The summed E-state index contributed by atoms with van der Waals surface area (Å²) in [5.41, 5.74) is 2.18. The van der Waals surface area contributed by atoms with Gasteiger partial charge < -0.3 is 9.84 Å². The van der Waals surface area contributed by atoms with Gasteiger partial charge in [-0.25, -0.2) is 0 Å². The minimum Gasteiger partial charge on any atom is -0.394 e. The first kappa shape index (κ1) is 18.0. The Morgan fingerprint density at radius 2 is 1.78 bits per heavy atom. The van der Waals surface area contributed by atoms with Crippen LogP contribution < -0.4 is 0 Å². The maximum absolute atomic E-state index is 9.06. The second kappa shape index (κ2) is 10.5. The first-order valence-electron chi connectivity index (χ1n) is 9.20. The van der Waals surface area contributed by atoms with E-state index < -0.39 is 0 Å². The van der Waals surface area contributed by atoms with Crippen molar-refractivity contribution < 1.29 is 9.84 Å². The minimum atomic E-state index is -0.0180. The summed E-state index contributed by atoms with van der Waals surface area (Å²) in [4.78, 5) is 0. The van der Waals surface area contributed by atoms with E-state index in [-0.39, 0.29) is 18.8 Å². The lowest BCUT2D eigenvalue weighted by atomic mass is 10.1. The van der Waals surface area contributed by atoms with Gasteiger partial charge in [-0.1, -0.05) is 75.8 Å². The zero-order valence-corrected chi connectivity index (χ0v) is 14.4.